The Bertz CT molecular complexity index is 669. The Hall–Kier alpha value is -2.42. The van der Waals surface area contributed by atoms with Crippen molar-refractivity contribution in [2.24, 2.45) is 4.99 Å². The molecule has 1 atom stereocenters. The van der Waals surface area contributed by atoms with E-state index in [0.29, 0.717) is 29.7 Å². The summed E-state index contributed by atoms with van der Waals surface area (Å²) in [6.45, 7) is 9.96. The highest BCUT2D eigenvalue weighted by Crippen LogP contribution is 2.24. The summed E-state index contributed by atoms with van der Waals surface area (Å²) in [5.41, 5.74) is 0.637. The number of aliphatic imine (C=N–C) groups is 1. The van der Waals surface area contributed by atoms with Crippen LogP contribution in [0.3, 0.4) is 0 Å². The number of nitrogens with one attached hydrogen (secondary N) is 2. The molecular weight excluding hydrogens is 354 g/mol. The molecule has 144 valence electrons. The SMILES string of the molecule is C=CCNC(=NCC(=O)N(C)C)NC(C)c1nc(C)c(C(=O)OCC)s1. The average Bonchev–Trinajstić information content (AvgIpc) is 2.99. The Labute approximate surface area is 158 Å². The van der Waals surface area contributed by atoms with Gasteiger partial charge >= 0.3 is 5.97 Å². The summed E-state index contributed by atoms with van der Waals surface area (Å²) in [5.74, 6) is 0.00128. The number of ether oxygens (including phenoxy) is 1. The van der Waals surface area contributed by atoms with Gasteiger partial charge in [0.15, 0.2) is 5.96 Å². The number of carbonyl (C=O) groups is 2. The molecule has 0 aliphatic rings. The van der Waals surface area contributed by atoms with Crippen molar-refractivity contribution >= 4 is 29.2 Å². The molecule has 0 bridgehead atoms. The van der Waals surface area contributed by atoms with E-state index in [-0.39, 0.29) is 24.5 Å². The van der Waals surface area contributed by atoms with Crippen LogP contribution >= 0.6 is 11.3 Å². The molecule has 1 unspecified atom stereocenters. The summed E-state index contributed by atoms with van der Waals surface area (Å²) in [6, 6.07) is -0.201. The number of hydrogen-bond donors (Lipinski definition) is 2. The van der Waals surface area contributed by atoms with Crippen LogP contribution in [0.25, 0.3) is 0 Å². The van der Waals surface area contributed by atoms with Crippen molar-refractivity contribution in [1.29, 1.82) is 0 Å². The van der Waals surface area contributed by atoms with E-state index in [4.69, 9.17) is 4.74 Å². The van der Waals surface area contributed by atoms with E-state index in [1.807, 2.05) is 6.92 Å². The smallest absolute Gasteiger partial charge is 0.350 e. The summed E-state index contributed by atoms with van der Waals surface area (Å²) in [7, 11) is 3.36. The fraction of sp³-hybridized carbons (Fsp3) is 0.529. The van der Waals surface area contributed by atoms with Crippen molar-refractivity contribution in [2.75, 3.05) is 33.8 Å². The number of aryl methyl sites for hydroxylation is 1. The molecule has 9 heteroatoms. The van der Waals surface area contributed by atoms with Gasteiger partial charge in [0.2, 0.25) is 5.91 Å². The van der Waals surface area contributed by atoms with E-state index >= 15 is 0 Å². The summed E-state index contributed by atoms with van der Waals surface area (Å²) < 4.78 is 5.05. The number of amides is 1. The van der Waals surface area contributed by atoms with Crippen molar-refractivity contribution in [3.8, 4) is 0 Å². The van der Waals surface area contributed by atoms with Crippen LogP contribution in [0.4, 0.5) is 0 Å². The van der Waals surface area contributed by atoms with Gasteiger partial charge < -0.3 is 20.3 Å². The molecule has 0 aromatic carbocycles. The summed E-state index contributed by atoms with van der Waals surface area (Å²) >= 11 is 1.28. The zero-order chi connectivity index (χ0) is 19.7. The lowest BCUT2D eigenvalue weighted by Gasteiger charge is -2.16. The molecule has 0 fully saturated rings. The minimum atomic E-state index is -0.365. The molecule has 0 radical (unpaired) electrons. The van der Waals surface area contributed by atoms with Crippen LogP contribution in [-0.2, 0) is 9.53 Å². The van der Waals surface area contributed by atoms with Gasteiger partial charge in [-0.05, 0) is 20.8 Å². The van der Waals surface area contributed by atoms with Crippen molar-refractivity contribution in [2.45, 2.75) is 26.8 Å². The van der Waals surface area contributed by atoms with E-state index in [2.05, 4.69) is 27.2 Å². The van der Waals surface area contributed by atoms with Crippen LogP contribution < -0.4 is 10.6 Å². The van der Waals surface area contributed by atoms with Crippen molar-refractivity contribution in [3.05, 3.63) is 28.2 Å². The van der Waals surface area contributed by atoms with Crippen LogP contribution in [-0.4, -0.2) is 61.5 Å². The van der Waals surface area contributed by atoms with E-state index < -0.39 is 0 Å². The fourth-order valence-corrected chi connectivity index (χ4v) is 2.83. The monoisotopic (exact) mass is 381 g/mol. The highest BCUT2D eigenvalue weighted by Gasteiger charge is 2.20. The van der Waals surface area contributed by atoms with Gasteiger partial charge in [0.1, 0.15) is 16.4 Å². The van der Waals surface area contributed by atoms with E-state index in [1.54, 1.807) is 34.0 Å². The molecule has 0 saturated carbocycles. The zero-order valence-electron chi connectivity index (χ0n) is 16.0. The van der Waals surface area contributed by atoms with Gasteiger partial charge in [0.25, 0.3) is 0 Å². The molecule has 1 rings (SSSR count). The second-order valence-corrected chi connectivity index (χ2v) is 6.71. The third kappa shape index (κ3) is 6.47. The average molecular weight is 382 g/mol. The number of esters is 1. The first-order chi connectivity index (χ1) is 12.3. The Balaban J connectivity index is 2.88. The van der Waals surface area contributed by atoms with Crippen LogP contribution in [0, 0.1) is 6.92 Å². The molecule has 8 nitrogen and oxygen atoms in total. The van der Waals surface area contributed by atoms with E-state index in [1.165, 1.54) is 16.2 Å². The first kappa shape index (κ1) is 21.6. The summed E-state index contributed by atoms with van der Waals surface area (Å²) in [6.07, 6.45) is 1.70. The number of thiazole rings is 1. The van der Waals surface area contributed by atoms with E-state index in [0.717, 1.165) is 5.01 Å². The minimum absolute atomic E-state index is 0.0250. The number of hydrogen-bond acceptors (Lipinski definition) is 6. The molecule has 0 spiro atoms. The van der Waals surface area contributed by atoms with Gasteiger partial charge in [0, 0.05) is 20.6 Å². The number of likely N-dealkylation sites (N-methyl/N-ethyl adjacent to an activating group) is 1. The number of rotatable bonds is 8. The van der Waals surface area contributed by atoms with Gasteiger partial charge in [-0.25, -0.2) is 14.8 Å². The zero-order valence-corrected chi connectivity index (χ0v) is 16.8. The molecule has 0 aliphatic heterocycles. The molecular formula is C17H27N5O3S. The van der Waals surface area contributed by atoms with Crippen LogP contribution in [0.2, 0.25) is 0 Å². The standard InChI is InChI=1S/C17H27N5O3S/c1-7-9-18-17(19-10-13(23)22(5)6)21-12(4)15-20-11(3)14(26-15)16(24)25-8-2/h7,12H,1,8-10H2,2-6H3,(H2,18,19,21). The van der Waals surface area contributed by atoms with Crippen molar-refractivity contribution < 1.29 is 14.3 Å². The van der Waals surface area contributed by atoms with Gasteiger partial charge in [-0.2, -0.15) is 0 Å². The quantitative estimate of drug-likeness (QED) is 0.307. The van der Waals surface area contributed by atoms with Crippen LogP contribution in [0.5, 0.6) is 0 Å². The Kier molecular flexibility index (Phi) is 8.77. The van der Waals surface area contributed by atoms with Gasteiger partial charge in [0.05, 0.1) is 18.3 Å². The van der Waals surface area contributed by atoms with Crippen LogP contribution in [0.15, 0.2) is 17.6 Å². The lowest BCUT2D eigenvalue weighted by molar-refractivity contribution is -0.127. The predicted molar refractivity (Wildman–Crippen MR) is 104 cm³/mol. The first-order valence-electron chi connectivity index (χ1n) is 8.30. The third-order valence-electron chi connectivity index (χ3n) is 3.28. The largest absolute Gasteiger partial charge is 0.462 e. The molecule has 0 aliphatic carbocycles. The molecule has 0 saturated heterocycles. The third-order valence-corrected chi connectivity index (χ3v) is 4.60. The van der Waals surface area contributed by atoms with Gasteiger partial charge in [-0.15, -0.1) is 17.9 Å². The van der Waals surface area contributed by atoms with Gasteiger partial charge in [-0.3, -0.25) is 4.79 Å². The molecule has 1 amide bonds. The summed E-state index contributed by atoms with van der Waals surface area (Å²) in [5, 5.41) is 6.99. The first-order valence-corrected chi connectivity index (χ1v) is 9.12. The number of carbonyl (C=O) groups excluding carboxylic acids is 2. The number of nitrogens with zero attached hydrogens (tertiary/aromatic N) is 3. The van der Waals surface area contributed by atoms with Gasteiger partial charge in [-0.1, -0.05) is 6.08 Å². The maximum Gasteiger partial charge on any atom is 0.350 e. The predicted octanol–water partition coefficient (Wildman–Crippen LogP) is 1.50. The summed E-state index contributed by atoms with van der Waals surface area (Å²) in [4.78, 5) is 34.4. The Morgan fingerprint density at radius 1 is 1.46 bits per heavy atom. The molecule has 1 aromatic heterocycles. The molecule has 1 aromatic rings. The topological polar surface area (TPSA) is 95.9 Å². The second kappa shape index (κ2) is 10.5. The normalized spacial score (nSPS) is 12.3. The van der Waals surface area contributed by atoms with Crippen molar-refractivity contribution in [1.82, 2.24) is 20.5 Å². The molecule has 1 heterocycles. The van der Waals surface area contributed by atoms with E-state index in [9.17, 15) is 9.59 Å². The number of aromatic nitrogens is 1. The van der Waals surface area contributed by atoms with Crippen LogP contribution in [0.1, 0.15) is 40.3 Å². The lowest BCUT2D eigenvalue weighted by Crippen LogP contribution is -2.39. The highest BCUT2D eigenvalue weighted by molar-refractivity contribution is 7.13. The number of guanidine groups is 1. The maximum atomic E-state index is 11.9. The maximum absolute atomic E-state index is 11.9. The lowest BCUT2D eigenvalue weighted by atomic mass is 10.3. The highest BCUT2D eigenvalue weighted by atomic mass is 32.1. The fourth-order valence-electron chi connectivity index (χ4n) is 1.86. The molecule has 26 heavy (non-hydrogen) atoms. The Morgan fingerprint density at radius 3 is 2.73 bits per heavy atom. The van der Waals surface area contributed by atoms with Crippen molar-refractivity contribution in [3.63, 3.8) is 0 Å². The Morgan fingerprint density at radius 2 is 2.15 bits per heavy atom. The second-order valence-electron chi connectivity index (χ2n) is 5.68. The minimum Gasteiger partial charge on any atom is -0.462 e. The molecule has 2 N–H and O–H groups in total.